The van der Waals surface area contributed by atoms with Crippen LogP contribution < -0.4 is 0 Å². The topological polar surface area (TPSA) is 38.9 Å². The molecule has 4 nitrogen and oxygen atoms in total. The van der Waals surface area contributed by atoms with E-state index in [4.69, 9.17) is 4.84 Å². The number of oxime groups is 1. The van der Waals surface area contributed by atoms with Crippen LogP contribution in [0.4, 0.5) is 39.5 Å². The van der Waals surface area contributed by atoms with Crippen molar-refractivity contribution in [3.63, 3.8) is 0 Å². The molecule has 3 heterocycles. The minimum Gasteiger partial charge on any atom is -0.374 e. The van der Waals surface area contributed by atoms with E-state index in [0.29, 0.717) is 17.7 Å². The zero-order valence-corrected chi connectivity index (χ0v) is 18.3. The SMILES string of the molecule is C=C(CC)c1ccc(C2=NOC(c3cc(C(F)(F)F)cc(C(F)(F)F)c3)(C(F)(F)F)C2)c2nccn12. The van der Waals surface area contributed by atoms with Gasteiger partial charge in [-0.05, 0) is 42.3 Å². The van der Waals surface area contributed by atoms with E-state index in [2.05, 4.69) is 16.7 Å². The standard InChI is InChI=1S/C23H16F9N3O/c1-3-12(2)18-5-4-16(19-33-6-7-35(18)19)17-11-20(36-34-17,23(30,31)32)13-8-14(21(24,25)26)10-15(9-13)22(27,28)29/h4-10H,2-3,11H2,1H3. The first kappa shape index (κ1) is 25.6. The zero-order valence-electron chi connectivity index (χ0n) is 18.3. The average Bonchev–Trinajstić information content (AvgIpc) is 3.44. The Morgan fingerprint density at radius 1 is 1.00 bits per heavy atom. The Bertz CT molecular complexity index is 1330. The Morgan fingerprint density at radius 2 is 1.61 bits per heavy atom. The van der Waals surface area contributed by atoms with Crippen LogP contribution in [0.5, 0.6) is 0 Å². The summed E-state index contributed by atoms with van der Waals surface area (Å²) in [5.74, 6) is 0. The van der Waals surface area contributed by atoms with E-state index in [0.717, 1.165) is 0 Å². The fourth-order valence-electron chi connectivity index (χ4n) is 3.95. The lowest BCUT2D eigenvalue weighted by Crippen LogP contribution is -2.43. The van der Waals surface area contributed by atoms with E-state index in [1.807, 2.05) is 6.92 Å². The third-order valence-electron chi connectivity index (χ3n) is 5.89. The fraction of sp³-hybridized carbons (Fsp3) is 0.304. The molecule has 36 heavy (non-hydrogen) atoms. The van der Waals surface area contributed by atoms with Crippen molar-refractivity contribution in [2.24, 2.45) is 5.16 Å². The number of aromatic nitrogens is 2. The molecule has 1 unspecified atom stereocenters. The van der Waals surface area contributed by atoms with Crippen LogP contribution in [-0.4, -0.2) is 21.3 Å². The van der Waals surface area contributed by atoms with Crippen molar-refractivity contribution >= 4 is 16.9 Å². The van der Waals surface area contributed by atoms with E-state index in [1.54, 1.807) is 10.5 Å². The van der Waals surface area contributed by atoms with E-state index < -0.39 is 47.2 Å². The second-order valence-corrected chi connectivity index (χ2v) is 8.14. The number of hydrogen-bond donors (Lipinski definition) is 0. The van der Waals surface area contributed by atoms with E-state index in [-0.39, 0.29) is 35.1 Å². The highest BCUT2D eigenvalue weighted by molar-refractivity contribution is 6.06. The van der Waals surface area contributed by atoms with Crippen LogP contribution in [0.3, 0.4) is 0 Å². The summed E-state index contributed by atoms with van der Waals surface area (Å²) in [5.41, 5.74) is -7.54. The van der Waals surface area contributed by atoms with Crippen molar-refractivity contribution in [3.05, 3.63) is 77.3 Å². The van der Waals surface area contributed by atoms with Crippen LogP contribution in [0, 0.1) is 0 Å². The van der Waals surface area contributed by atoms with E-state index in [1.165, 1.54) is 18.5 Å². The van der Waals surface area contributed by atoms with Crippen LogP contribution in [0.2, 0.25) is 0 Å². The molecule has 0 saturated carbocycles. The Morgan fingerprint density at radius 3 is 2.14 bits per heavy atom. The molecule has 0 radical (unpaired) electrons. The number of alkyl halides is 9. The molecule has 0 fully saturated rings. The highest BCUT2D eigenvalue weighted by atomic mass is 19.4. The van der Waals surface area contributed by atoms with E-state index >= 15 is 0 Å². The molecule has 192 valence electrons. The number of benzene rings is 1. The highest BCUT2D eigenvalue weighted by Crippen LogP contribution is 2.51. The summed E-state index contributed by atoms with van der Waals surface area (Å²) in [6.07, 6.45) is -13.8. The molecule has 0 bridgehead atoms. The van der Waals surface area contributed by atoms with Crippen LogP contribution in [0.15, 0.2) is 54.5 Å². The van der Waals surface area contributed by atoms with Crippen molar-refractivity contribution in [1.82, 2.24) is 9.38 Å². The number of halogens is 9. The second kappa shape index (κ2) is 8.27. The summed E-state index contributed by atoms with van der Waals surface area (Å²) < 4.78 is 124. The maximum Gasteiger partial charge on any atom is 0.435 e. The number of imidazole rings is 1. The molecule has 1 aliphatic heterocycles. The fourth-order valence-corrected chi connectivity index (χ4v) is 3.95. The Hall–Kier alpha value is -3.51. The minimum absolute atomic E-state index is 0.000628. The summed E-state index contributed by atoms with van der Waals surface area (Å²) in [4.78, 5) is 8.81. The smallest absolute Gasteiger partial charge is 0.374 e. The molecule has 0 spiro atoms. The molecule has 1 aromatic carbocycles. The van der Waals surface area contributed by atoms with Gasteiger partial charge in [-0.15, -0.1) is 0 Å². The van der Waals surface area contributed by atoms with Gasteiger partial charge in [0.15, 0.2) is 0 Å². The number of fused-ring (bicyclic) bond motifs is 1. The summed E-state index contributed by atoms with van der Waals surface area (Å²) in [6.45, 7) is 5.76. The first-order chi connectivity index (χ1) is 16.6. The summed E-state index contributed by atoms with van der Waals surface area (Å²) in [7, 11) is 0. The van der Waals surface area contributed by atoms with Gasteiger partial charge in [-0.1, -0.05) is 18.7 Å². The second-order valence-electron chi connectivity index (χ2n) is 8.14. The van der Waals surface area contributed by atoms with Crippen LogP contribution in [0.1, 0.15) is 47.7 Å². The van der Waals surface area contributed by atoms with Crippen molar-refractivity contribution in [1.29, 1.82) is 0 Å². The van der Waals surface area contributed by atoms with Crippen LogP contribution >= 0.6 is 0 Å². The Labute approximate surface area is 197 Å². The number of pyridine rings is 1. The van der Waals surface area contributed by atoms with Gasteiger partial charge in [-0.25, -0.2) is 4.98 Å². The first-order valence-electron chi connectivity index (χ1n) is 10.3. The highest BCUT2D eigenvalue weighted by Gasteiger charge is 2.63. The molecule has 0 N–H and O–H groups in total. The maximum absolute atomic E-state index is 14.3. The summed E-state index contributed by atoms with van der Waals surface area (Å²) >= 11 is 0. The number of hydrogen-bond acceptors (Lipinski definition) is 3. The lowest BCUT2D eigenvalue weighted by atomic mass is 9.84. The van der Waals surface area contributed by atoms with Gasteiger partial charge in [0.25, 0.3) is 5.60 Å². The lowest BCUT2D eigenvalue weighted by molar-refractivity contribution is -0.276. The van der Waals surface area contributed by atoms with Crippen LogP contribution in [0.25, 0.3) is 11.2 Å². The largest absolute Gasteiger partial charge is 0.435 e. The van der Waals surface area contributed by atoms with E-state index in [9.17, 15) is 39.5 Å². The summed E-state index contributed by atoms with van der Waals surface area (Å²) in [5, 5.41) is 3.47. The average molecular weight is 521 g/mol. The minimum atomic E-state index is -5.42. The molecule has 0 aliphatic carbocycles. The van der Waals surface area contributed by atoms with Gasteiger partial charge in [0.05, 0.1) is 23.3 Å². The van der Waals surface area contributed by atoms with Crippen molar-refractivity contribution in [2.75, 3.05) is 0 Å². The molecule has 4 rings (SSSR count). The molecule has 0 amide bonds. The monoisotopic (exact) mass is 521 g/mol. The molecule has 3 aromatic rings. The van der Waals surface area contributed by atoms with Crippen molar-refractivity contribution in [3.8, 4) is 0 Å². The predicted molar refractivity (Wildman–Crippen MR) is 111 cm³/mol. The molecular formula is C23H16F9N3O. The molecule has 13 heteroatoms. The van der Waals surface area contributed by atoms with Crippen LogP contribution in [-0.2, 0) is 22.8 Å². The molecule has 2 aromatic heterocycles. The predicted octanol–water partition coefficient (Wildman–Crippen LogP) is 7.38. The molecule has 1 atom stereocenters. The number of allylic oxidation sites excluding steroid dienone is 1. The maximum atomic E-state index is 14.3. The normalized spacial score (nSPS) is 18.9. The van der Waals surface area contributed by atoms with Gasteiger partial charge in [-0.2, -0.15) is 39.5 Å². The van der Waals surface area contributed by atoms with Crippen molar-refractivity contribution < 1.29 is 44.4 Å². The van der Waals surface area contributed by atoms with Gasteiger partial charge < -0.3 is 4.84 Å². The lowest BCUT2D eigenvalue weighted by Gasteiger charge is -2.30. The molecule has 0 saturated heterocycles. The zero-order chi connectivity index (χ0) is 26.7. The first-order valence-corrected chi connectivity index (χ1v) is 10.3. The van der Waals surface area contributed by atoms with Gasteiger partial charge in [-0.3, -0.25) is 4.40 Å². The van der Waals surface area contributed by atoms with Gasteiger partial charge >= 0.3 is 18.5 Å². The molecule has 1 aliphatic rings. The number of rotatable bonds is 4. The summed E-state index contributed by atoms with van der Waals surface area (Å²) in [6, 6.07) is 2.71. The van der Waals surface area contributed by atoms with Crippen molar-refractivity contribution in [2.45, 2.75) is 43.9 Å². The third-order valence-corrected chi connectivity index (χ3v) is 5.89. The van der Waals surface area contributed by atoms with Gasteiger partial charge in [0, 0.05) is 29.2 Å². The quantitative estimate of drug-likeness (QED) is 0.336. The van der Waals surface area contributed by atoms with Gasteiger partial charge in [0.2, 0.25) is 0 Å². The molecular weight excluding hydrogens is 505 g/mol. The Kier molecular flexibility index (Phi) is 5.88. The third kappa shape index (κ3) is 4.20. The van der Waals surface area contributed by atoms with Gasteiger partial charge in [0.1, 0.15) is 5.65 Å². The number of nitrogens with zero attached hydrogens (tertiary/aromatic N) is 3. The Balaban J connectivity index is 1.86.